The van der Waals surface area contributed by atoms with Crippen molar-refractivity contribution in [3.8, 4) is 0 Å². The van der Waals surface area contributed by atoms with Gasteiger partial charge in [0.05, 0.1) is 29.3 Å². The summed E-state index contributed by atoms with van der Waals surface area (Å²) < 4.78 is 5.39. The van der Waals surface area contributed by atoms with E-state index in [1.54, 1.807) is 18.2 Å². The van der Waals surface area contributed by atoms with Gasteiger partial charge in [0, 0.05) is 25.3 Å². The van der Waals surface area contributed by atoms with Crippen molar-refractivity contribution in [3.05, 3.63) is 28.2 Å². The van der Waals surface area contributed by atoms with Crippen molar-refractivity contribution >= 4 is 34.8 Å². The van der Waals surface area contributed by atoms with Crippen LogP contribution in [-0.2, 0) is 9.53 Å². The third-order valence-electron chi connectivity index (χ3n) is 5.13. The first kappa shape index (κ1) is 19.9. The van der Waals surface area contributed by atoms with Crippen LogP contribution in [0.5, 0.6) is 0 Å². The van der Waals surface area contributed by atoms with Crippen molar-refractivity contribution in [3.63, 3.8) is 0 Å². The van der Waals surface area contributed by atoms with Gasteiger partial charge >= 0.3 is 0 Å². The van der Waals surface area contributed by atoms with E-state index < -0.39 is 0 Å². The van der Waals surface area contributed by atoms with E-state index in [1.807, 2.05) is 0 Å². The molecule has 2 heterocycles. The second-order valence-corrected chi connectivity index (χ2v) is 7.79. The molecule has 0 saturated carbocycles. The molecule has 0 spiro atoms. The summed E-state index contributed by atoms with van der Waals surface area (Å²) in [5, 5.41) is 3.95. The van der Waals surface area contributed by atoms with Gasteiger partial charge in [-0.1, -0.05) is 29.6 Å². The average molecular weight is 400 g/mol. The van der Waals surface area contributed by atoms with Crippen LogP contribution in [0.1, 0.15) is 25.7 Å². The van der Waals surface area contributed by atoms with E-state index in [-0.39, 0.29) is 11.9 Å². The van der Waals surface area contributed by atoms with Gasteiger partial charge in [-0.15, -0.1) is 0 Å². The van der Waals surface area contributed by atoms with Crippen molar-refractivity contribution in [2.45, 2.75) is 31.7 Å². The molecule has 2 aliphatic rings. The van der Waals surface area contributed by atoms with E-state index in [0.29, 0.717) is 15.7 Å². The van der Waals surface area contributed by atoms with Crippen LogP contribution in [0.4, 0.5) is 5.69 Å². The van der Waals surface area contributed by atoms with Gasteiger partial charge in [-0.3, -0.25) is 14.6 Å². The molecule has 1 amide bonds. The van der Waals surface area contributed by atoms with Gasteiger partial charge in [-0.2, -0.15) is 0 Å². The summed E-state index contributed by atoms with van der Waals surface area (Å²) in [6.45, 7) is 6.71. The van der Waals surface area contributed by atoms with Gasteiger partial charge in [-0.25, -0.2) is 0 Å². The van der Waals surface area contributed by atoms with Crippen LogP contribution in [0.25, 0.3) is 0 Å². The highest BCUT2D eigenvalue weighted by molar-refractivity contribution is 6.42. The molecule has 2 aliphatic heterocycles. The molecule has 0 radical (unpaired) electrons. The van der Waals surface area contributed by atoms with E-state index in [0.717, 1.165) is 71.6 Å². The molecule has 0 aromatic heterocycles. The SMILES string of the molecule is O=C(Nc1ccc(Cl)c(Cl)c1)C1CCCCN1CCCN1CCOCC1. The van der Waals surface area contributed by atoms with E-state index in [2.05, 4.69) is 15.1 Å². The Morgan fingerprint density at radius 3 is 2.69 bits per heavy atom. The first-order valence-corrected chi connectivity index (χ1v) is 10.2. The Hall–Kier alpha value is -0.850. The second kappa shape index (κ2) is 9.90. The van der Waals surface area contributed by atoms with Crippen molar-refractivity contribution in [1.29, 1.82) is 0 Å². The maximum atomic E-state index is 12.8. The molecule has 2 saturated heterocycles. The standard InChI is InChI=1S/C19H27Cl2N3O2/c20-16-6-5-15(14-17(16)21)22-19(25)18-4-1-2-8-24(18)9-3-7-23-10-12-26-13-11-23/h5-6,14,18H,1-4,7-13H2,(H,22,25). The molecule has 2 fully saturated rings. The minimum absolute atomic E-state index is 0.0504. The lowest BCUT2D eigenvalue weighted by Crippen LogP contribution is -2.48. The number of carbonyl (C=O) groups is 1. The summed E-state index contributed by atoms with van der Waals surface area (Å²) in [5.74, 6) is 0.0504. The number of hydrogen-bond donors (Lipinski definition) is 1. The Labute approximate surface area is 165 Å². The van der Waals surface area contributed by atoms with Gasteiger partial charge in [0.1, 0.15) is 0 Å². The first-order valence-electron chi connectivity index (χ1n) is 9.43. The smallest absolute Gasteiger partial charge is 0.241 e. The highest BCUT2D eigenvalue weighted by Gasteiger charge is 2.28. The lowest BCUT2D eigenvalue weighted by Gasteiger charge is -2.35. The first-order chi connectivity index (χ1) is 12.6. The molecular formula is C19H27Cl2N3O2. The Morgan fingerprint density at radius 1 is 1.12 bits per heavy atom. The maximum absolute atomic E-state index is 12.8. The summed E-state index contributed by atoms with van der Waals surface area (Å²) in [5.41, 5.74) is 0.697. The molecule has 144 valence electrons. The molecule has 1 aromatic carbocycles. The molecule has 7 heteroatoms. The zero-order valence-corrected chi connectivity index (χ0v) is 16.6. The van der Waals surface area contributed by atoms with E-state index in [9.17, 15) is 4.79 Å². The molecule has 1 unspecified atom stereocenters. The van der Waals surface area contributed by atoms with Crippen LogP contribution in [0.15, 0.2) is 18.2 Å². The van der Waals surface area contributed by atoms with Crippen LogP contribution >= 0.6 is 23.2 Å². The quantitative estimate of drug-likeness (QED) is 0.794. The number of piperidine rings is 1. The maximum Gasteiger partial charge on any atom is 0.241 e. The Morgan fingerprint density at radius 2 is 1.92 bits per heavy atom. The van der Waals surface area contributed by atoms with Crippen molar-refractivity contribution in [2.24, 2.45) is 0 Å². The minimum Gasteiger partial charge on any atom is -0.379 e. The Bertz CT molecular complexity index is 608. The van der Waals surface area contributed by atoms with Gasteiger partial charge in [-0.05, 0) is 50.6 Å². The number of nitrogens with zero attached hydrogens (tertiary/aromatic N) is 2. The number of likely N-dealkylation sites (tertiary alicyclic amines) is 1. The van der Waals surface area contributed by atoms with Gasteiger partial charge < -0.3 is 10.1 Å². The van der Waals surface area contributed by atoms with Crippen molar-refractivity contribution in [2.75, 3.05) is 51.3 Å². The number of amides is 1. The predicted molar refractivity (Wildman–Crippen MR) is 106 cm³/mol. The molecule has 0 aliphatic carbocycles. The number of carbonyl (C=O) groups excluding carboxylic acids is 1. The van der Waals surface area contributed by atoms with Crippen molar-refractivity contribution < 1.29 is 9.53 Å². The zero-order valence-electron chi connectivity index (χ0n) is 15.1. The molecule has 0 bridgehead atoms. The lowest BCUT2D eigenvalue weighted by molar-refractivity contribution is -0.122. The summed E-state index contributed by atoms with van der Waals surface area (Å²) in [6.07, 6.45) is 4.24. The fraction of sp³-hybridized carbons (Fsp3) is 0.632. The van der Waals surface area contributed by atoms with Crippen LogP contribution in [0.3, 0.4) is 0 Å². The summed E-state index contributed by atoms with van der Waals surface area (Å²) >= 11 is 12.0. The van der Waals surface area contributed by atoms with Crippen molar-refractivity contribution in [1.82, 2.24) is 9.80 Å². The largest absolute Gasteiger partial charge is 0.379 e. The third-order valence-corrected chi connectivity index (χ3v) is 5.87. The van der Waals surface area contributed by atoms with E-state index in [1.165, 1.54) is 0 Å². The Kier molecular flexibility index (Phi) is 7.58. The highest BCUT2D eigenvalue weighted by Crippen LogP contribution is 2.26. The van der Waals surface area contributed by atoms with Gasteiger partial charge in [0.25, 0.3) is 0 Å². The zero-order chi connectivity index (χ0) is 18.4. The number of morpholine rings is 1. The number of rotatable bonds is 6. The number of ether oxygens (including phenoxy) is 1. The Balaban J connectivity index is 1.51. The summed E-state index contributed by atoms with van der Waals surface area (Å²) in [6, 6.07) is 5.13. The monoisotopic (exact) mass is 399 g/mol. The molecule has 5 nitrogen and oxygen atoms in total. The van der Waals surface area contributed by atoms with Crippen LogP contribution < -0.4 is 5.32 Å². The predicted octanol–water partition coefficient (Wildman–Crippen LogP) is 3.51. The molecular weight excluding hydrogens is 373 g/mol. The average Bonchev–Trinajstić information content (AvgIpc) is 2.66. The second-order valence-electron chi connectivity index (χ2n) is 6.97. The normalized spacial score (nSPS) is 22.3. The number of halogens is 2. The fourth-order valence-corrected chi connectivity index (χ4v) is 3.98. The van der Waals surface area contributed by atoms with Gasteiger partial charge in [0.2, 0.25) is 5.91 Å². The topological polar surface area (TPSA) is 44.8 Å². The fourth-order valence-electron chi connectivity index (χ4n) is 3.68. The third kappa shape index (κ3) is 5.57. The molecule has 1 atom stereocenters. The van der Waals surface area contributed by atoms with E-state index >= 15 is 0 Å². The number of anilines is 1. The van der Waals surface area contributed by atoms with Crippen LogP contribution in [0.2, 0.25) is 10.0 Å². The molecule has 1 N–H and O–H groups in total. The number of hydrogen-bond acceptors (Lipinski definition) is 4. The van der Waals surface area contributed by atoms with Crippen LogP contribution in [-0.4, -0.2) is 67.7 Å². The summed E-state index contributed by atoms with van der Waals surface area (Å²) in [4.78, 5) is 17.6. The lowest BCUT2D eigenvalue weighted by atomic mass is 10.0. The van der Waals surface area contributed by atoms with Crippen LogP contribution in [0, 0.1) is 0 Å². The number of benzene rings is 1. The molecule has 3 rings (SSSR count). The van der Waals surface area contributed by atoms with Gasteiger partial charge in [0.15, 0.2) is 0 Å². The molecule has 1 aromatic rings. The highest BCUT2D eigenvalue weighted by atomic mass is 35.5. The summed E-state index contributed by atoms with van der Waals surface area (Å²) in [7, 11) is 0. The minimum atomic E-state index is -0.0668. The van der Waals surface area contributed by atoms with E-state index in [4.69, 9.17) is 27.9 Å². The molecule has 26 heavy (non-hydrogen) atoms. The number of nitrogens with one attached hydrogen (secondary N) is 1.